The summed E-state index contributed by atoms with van der Waals surface area (Å²) in [6.45, 7) is 1.11. The lowest BCUT2D eigenvalue weighted by Gasteiger charge is -2.20. The highest BCUT2D eigenvalue weighted by Crippen LogP contribution is 2.33. The fourth-order valence-electron chi connectivity index (χ4n) is 3.85. The van der Waals surface area contributed by atoms with Crippen LogP contribution < -0.4 is 9.47 Å². The number of aliphatic imine (C=N–C) groups is 1. The minimum Gasteiger partial charge on any atom is -0.493 e. The van der Waals surface area contributed by atoms with E-state index >= 15 is 0 Å². The van der Waals surface area contributed by atoms with Crippen molar-refractivity contribution in [1.82, 2.24) is 4.90 Å². The Labute approximate surface area is 163 Å². The highest BCUT2D eigenvalue weighted by molar-refractivity contribution is 6.21. The zero-order valence-electron chi connectivity index (χ0n) is 16.0. The molecule has 2 aromatic carbocycles. The molecule has 0 atom stereocenters. The second-order valence-electron chi connectivity index (χ2n) is 6.85. The summed E-state index contributed by atoms with van der Waals surface area (Å²) in [5.41, 5.74) is 4.21. The molecule has 144 valence electrons. The Balaban J connectivity index is 1.47. The number of benzene rings is 2. The number of imide groups is 1. The second-order valence-corrected chi connectivity index (χ2v) is 6.85. The Morgan fingerprint density at radius 2 is 1.61 bits per heavy atom. The van der Waals surface area contributed by atoms with Gasteiger partial charge in [0.05, 0.1) is 25.3 Å². The van der Waals surface area contributed by atoms with E-state index in [1.165, 1.54) is 10.5 Å². The van der Waals surface area contributed by atoms with E-state index in [1.807, 2.05) is 12.1 Å². The summed E-state index contributed by atoms with van der Waals surface area (Å²) in [5, 5.41) is 0. The first-order valence-electron chi connectivity index (χ1n) is 9.38. The molecule has 6 heteroatoms. The van der Waals surface area contributed by atoms with Gasteiger partial charge in [0.15, 0.2) is 11.5 Å². The predicted octanol–water partition coefficient (Wildman–Crippen LogP) is 3.13. The number of carbonyl (C=O) groups excluding carboxylic acids is 2. The molecule has 0 bridgehead atoms. The van der Waals surface area contributed by atoms with E-state index in [1.54, 1.807) is 38.5 Å². The molecule has 0 N–H and O–H groups in total. The number of carbonyl (C=O) groups is 2. The zero-order chi connectivity index (χ0) is 19.7. The molecule has 0 aliphatic carbocycles. The molecule has 6 nitrogen and oxygen atoms in total. The third kappa shape index (κ3) is 3.05. The molecule has 2 heterocycles. The molecule has 0 aromatic heterocycles. The van der Waals surface area contributed by atoms with Gasteiger partial charge in [-0.1, -0.05) is 12.1 Å². The molecule has 0 unspecified atom stereocenters. The summed E-state index contributed by atoms with van der Waals surface area (Å²) in [6.07, 6.45) is 2.21. The van der Waals surface area contributed by atoms with Crippen LogP contribution in [0.4, 0.5) is 0 Å². The normalized spacial score (nSPS) is 15.2. The fraction of sp³-hybridized carbons (Fsp3) is 0.318. The van der Waals surface area contributed by atoms with E-state index in [-0.39, 0.29) is 11.8 Å². The Bertz CT molecular complexity index is 945. The van der Waals surface area contributed by atoms with Gasteiger partial charge in [-0.3, -0.25) is 19.5 Å². The number of rotatable bonds is 6. The standard InChI is InChI=1S/C22H22N2O4/c1-27-19-12-14-9-10-23-18(17(14)13-20(19)28-2)8-5-11-24-21(25)15-6-3-4-7-16(15)22(24)26/h3-4,6-7,12-13H,5,8-11H2,1-2H3. The molecule has 0 saturated heterocycles. The number of hydrogen-bond donors (Lipinski definition) is 0. The summed E-state index contributed by atoms with van der Waals surface area (Å²) in [6, 6.07) is 10.9. The summed E-state index contributed by atoms with van der Waals surface area (Å²) in [7, 11) is 3.25. The Hall–Kier alpha value is -3.15. The molecule has 0 fully saturated rings. The van der Waals surface area contributed by atoms with Crippen molar-refractivity contribution >= 4 is 17.5 Å². The van der Waals surface area contributed by atoms with Crippen LogP contribution in [-0.2, 0) is 6.42 Å². The van der Waals surface area contributed by atoms with Crippen LogP contribution in [0.3, 0.4) is 0 Å². The van der Waals surface area contributed by atoms with Gasteiger partial charge < -0.3 is 9.47 Å². The van der Waals surface area contributed by atoms with E-state index in [0.717, 1.165) is 24.2 Å². The maximum absolute atomic E-state index is 12.5. The van der Waals surface area contributed by atoms with Crippen molar-refractivity contribution < 1.29 is 19.1 Å². The summed E-state index contributed by atoms with van der Waals surface area (Å²) in [4.78, 5) is 31.0. The SMILES string of the molecule is COc1cc2c(cc1OC)C(CCCN1C(=O)c3ccccc3C1=O)=NCC2. The van der Waals surface area contributed by atoms with Crippen LogP contribution in [0, 0.1) is 0 Å². The number of fused-ring (bicyclic) bond motifs is 2. The lowest BCUT2D eigenvalue weighted by atomic mass is 9.94. The van der Waals surface area contributed by atoms with E-state index in [9.17, 15) is 9.59 Å². The van der Waals surface area contributed by atoms with Crippen molar-refractivity contribution in [3.63, 3.8) is 0 Å². The topological polar surface area (TPSA) is 68.2 Å². The van der Waals surface area contributed by atoms with Crippen molar-refractivity contribution in [2.24, 2.45) is 4.99 Å². The number of hydrogen-bond acceptors (Lipinski definition) is 5. The molecule has 0 spiro atoms. The van der Waals surface area contributed by atoms with Gasteiger partial charge in [-0.05, 0) is 49.1 Å². The van der Waals surface area contributed by atoms with Gasteiger partial charge in [0.1, 0.15) is 0 Å². The lowest BCUT2D eigenvalue weighted by molar-refractivity contribution is 0.0653. The molecule has 4 rings (SSSR count). The smallest absolute Gasteiger partial charge is 0.261 e. The second kappa shape index (κ2) is 7.46. The molecule has 2 aromatic rings. The number of ether oxygens (including phenoxy) is 2. The number of methoxy groups -OCH3 is 2. The maximum Gasteiger partial charge on any atom is 0.261 e. The first-order chi connectivity index (χ1) is 13.6. The monoisotopic (exact) mass is 378 g/mol. The zero-order valence-corrected chi connectivity index (χ0v) is 16.0. The fourth-order valence-corrected chi connectivity index (χ4v) is 3.85. The van der Waals surface area contributed by atoms with Crippen LogP contribution in [-0.4, -0.2) is 49.7 Å². The minimum atomic E-state index is -0.210. The van der Waals surface area contributed by atoms with Crippen molar-refractivity contribution in [2.75, 3.05) is 27.3 Å². The largest absolute Gasteiger partial charge is 0.493 e. The molecule has 28 heavy (non-hydrogen) atoms. The minimum absolute atomic E-state index is 0.210. The molecule has 0 saturated carbocycles. The first-order valence-corrected chi connectivity index (χ1v) is 9.38. The Morgan fingerprint density at radius 3 is 2.25 bits per heavy atom. The van der Waals surface area contributed by atoms with Gasteiger partial charge in [0.2, 0.25) is 0 Å². The van der Waals surface area contributed by atoms with Crippen LogP contribution in [0.15, 0.2) is 41.4 Å². The number of nitrogens with zero attached hydrogens (tertiary/aromatic N) is 2. The predicted molar refractivity (Wildman–Crippen MR) is 106 cm³/mol. The Morgan fingerprint density at radius 1 is 0.964 bits per heavy atom. The van der Waals surface area contributed by atoms with Gasteiger partial charge >= 0.3 is 0 Å². The molecule has 2 aliphatic heterocycles. The van der Waals surface area contributed by atoms with Crippen molar-refractivity contribution in [2.45, 2.75) is 19.3 Å². The van der Waals surface area contributed by atoms with Gasteiger partial charge in [0.25, 0.3) is 11.8 Å². The molecule has 2 aliphatic rings. The van der Waals surface area contributed by atoms with Crippen LogP contribution >= 0.6 is 0 Å². The van der Waals surface area contributed by atoms with E-state index in [4.69, 9.17) is 9.47 Å². The third-order valence-corrected chi connectivity index (χ3v) is 5.28. The van der Waals surface area contributed by atoms with Crippen molar-refractivity contribution in [3.8, 4) is 11.5 Å². The van der Waals surface area contributed by atoms with Gasteiger partial charge in [0, 0.05) is 24.4 Å². The number of amides is 2. The average Bonchev–Trinajstić information content (AvgIpc) is 2.98. The van der Waals surface area contributed by atoms with Crippen molar-refractivity contribution in [3.05, 3.63) is 58.7 Å². The summed E-state index contributed by atoms with van der Waals surface area (Å²) < 4.78 is 10.8. The molecular formula is C22H22N2O4. The van der Waals surface area contributed by atoms with Gasteiger partial charge in [-0.25, -0.2) is 0 Å². The quantitative estimate of drug-likeness (QED) is 0.725. The van der Waals surface area contributed by atoms with Crippen LogP contribution in [0.2, 0.25) is 0 Å². The highest BCUT2D eigenvalue weighted by Gasteiger charge is 2.34. The molecule has 0 radical (unpaired) electrons. The van der Waals surface area contributed by atoms with Crippen LogP contribution in [0.5, 0.6) is 11.5 Å². The molecule has 2 amide bonds. The van der Waals surface area contributed by atoms with E-state index in [2.05, 4.69) is 4.99 Å². The van der Waals surface area contributed by atoms with E-state index in [0.29, 0.717) is 42.0 Å². The van der Waals surface area contributed by atoms with Crippen LogP contribution in [0.1, 0.15) is 44.7 Å². The third-order valence-electron chi connectivity index (χ3n) is 5.28. The van der Waals surface area contributed by atoms with Gasteiger partial charge in [-0.2, -0.15) is 0 Å². The first kappa shape index (κ1) is 18.2. The lowest BCUT2D eigenvalue weighted by Crippen LogP contribution is -2.31. The summed E-state index contributed by atoms with van der Waals surface area (Å²) in [5.74, 6) is 0.973. The van der Waals surface area contributed by atoms with Crippen LogP contribution in [0.25, 0.3) is 0 Å². The maximum atomic E-state index is 12.5. The van der Waals surface area contributed by atoms with Gasteiger partial charge in [-0.15, -0.1) is 0 Å². The Kier molecular flexibility index (Phi) is 4.86. The van der Waals surface area contributed by atoms with Crippen molar-refractivity contribution in [1.29, 1.82) is 0 Å². The molecular weight excluding hydrogens is 356 g/mol. The summed E-state index contributed by atoms with van der Waals surface area (Å²) >= 11 is 0. The van der Waals surface area contributed by atoms with E-state index < -0.39 is 0 Å². The highest BCUT2D eigenvalue weighted by atomic mass is 16.5. The average molecular weight is 378 g/mol.